The largest absolute Gasteiger partial charge is 0.493 e. The Morgan fingerprint density at radius 2 is 2.42 bits per heavy atom. The van der Waals surface area contributed by atoms with Crippen molar-refractivity contribution in [2.45, 2.75) is 25.0 Å². The number of nitrogens with one attached hydrogen (secondary N) is 1. The third kappa shape index (κ3) is 4.08. The van der Waals surface area contributed by atoms with Crippen LogP contribution >= 0.6 is 11.6 Å². The Labute approximate surface area is 118 Å². The van der Waals surface area contributed by atoms with E-state index in [9.17, 15) is 5.11 Å². The van der Waals surface area contributed by atoms with E-state index in [1.165, 1.54) is 0 Å². The summed E-state index contributed by atoms with van der Waals surface area (Å²) in [5.74, 6) is 0.837. The number of methoxy groups -OCH3 is 1. The quantitative estimate of drug-likeness (QED) is 0.870. The van der Waals surface area contributed by atoms with Crippen LogP contribution in [-0.2, 0) is 4.74 Å². The first-order valence-corrected chi connectivity index (χ1v) is 6.91. The molecule has 1 aromatic carbocycles. The summed E-state index contributed by atoms with van der Waals surface area (Å²) in [6, 6.07) is 5.89. The highest BCUT2D eigenvalue weighted by atomic mass is 35.5. The molecule has 19 heavy (non-hydrogen) atoms. The summed E-state index contributed by atoms with van der Waals surface area (Å²) >= 11 is 5.99. The maximum absolute atomic E-state index is 9.70. The van der Waals surface area contributed by atoms with Crippen LogP contribution in [-0.4, -0.2) is 38.1 Å². The maximum atomic E-state index is 9.70. The van der Waals surface area contributed by atoms with E-state index >= 15 is 0 Å². The molecule has 0 aliphatic carbocycles. The predicted octanol–water partition coefficient (Wildman–Crippen LogP) is 2.15. The van der Waals surface area contributed by atoms with E-state index in [2.05, 4.69) is 5.32 Å². The van der Waals surface area contributed by atoms with Crippen LogP contribution in [0, 0.1) is 0 Å². The first-order chi connectivity index (χ1) is 9.20. The van der Waals surface area contributed by atoms with Gasteiger partial charge in [0.1, 0.15) is 5.75 Å². The van der Waals surface area contributed by atoms with Gasteiger partial charge in [-0.1, -0.05) is 17.7 Å². The molecule has 1 heterocycles. The van der Waals surface area contributed by atoms with Gasteiger partial charge in [0.15, 0.2) is 0 Å². The number of aliphatic hydroxyl groups is 1. The van der Waals surface area contributed by atoms with E-state index in [4.69, 9.17) is 21.1 Å². The van der Waals surface area contributed by atoms with Gasteiger partial charge in [0.25, 0.3) is 0 Å². The average Bonchev–Trinajstić information content (AvgIpc) is 2.58. The third-order valence-electron chi connectivity index (χ3n) is 3.20. The molecule has 1 aliphatic heterocycles. The molecule has 0 spiro atoms. The van der Waals surface area contributed by atoms with Crippen molar-refractivity contribution in [3.63, 3.8) is 0 Å². The lowest BCUT2D eigenvalue weighted by atomic mass is 10.0. The molecule has 5 heteroatoms. The summed E-state index contributed by atoms with van der Waals surface area (Å²) in [6.07, 6.45) is 1.46. The fraction of sp³-hybridized carbons (Fsp3) is 0.571. The molecule has 0 amide bonds. The lowest BCUT2D eigenvalue weighted by Gasteiger charge is -2.20. The Morgan fingerprint density at radius 1 is 1.58 bits per heavy atom. The van der Waals surface area contributed by atoms with Crippen molar-refractivity contribution in [3.8, 4) is 5.75 Å². The van der Waals surface area contributed by atoms with E-state index in [-0.39, 0.29) is 6.04 Å². The lowest BCUT2D eigenvalue weighted by molar-refractivity contribution is 0.0625. The summed E-state index contributed by atoms with van der Waals surface area (Å²) in [5, 5.41) is 13.8. The van der Waals surface area contributed by atoms with Crippen molar-refractivity contribution in [2.24, 2.45) is 0 Å². The van der Waals surface area contributed by atoms with Crippen LogP contribution in [0.15, 0.2) is 18.2 Å². The summed E-state index contributed by atoms with van der Waals surface area (Å²) in [5.41, 5.74) is 1.10. The Hall–Kier alpha value is -0.810. The zero-order valence-electron chi connectivity index (χ0n) is 11.1. The minimum absolute atomic E-state index is 0.182. The zero-order valence-corrected chi connectivity index (χ0v) is 11.8. The number of ether oxygens (including phenoxy) is 2. The Balaban J connectivity index is 2.05. The predicted molar refractivity (Wildman–Crippen MR) is 74.8 cm³/mol. The zero-order chi connectivity index (χ0) is 13.7. The van der Waals surface area contributed by atoms with Crippen LogP contribution in [0.4, 0.5) is 0 Å². The number of rotatable bonds is 5. The van der Waals surface area contributed by atoms with Crippen molar-refractivity contribution < 1.29 is 14.6 Å². The van der Waals surface area contributed by atoms with Gasteiger partial charge in [0.2, 0.25) is 0 Å². The number of hydrogen-bond acceptors (Lipinski definition) is 4. The van der Waals surface area contributed by atoms with E-state index in [0.717, 1.165) is 24.2 Å². The summed E-state index contributed by atoms with van der Waals surface area (Å²) in [6.45, 7) is 1.54. The Morgan fingerprint density at radius 3 is 3.21 bits per heavy atom. The standard InChI is InChI=1S/C14H20ClNO3/c1-18-9-11(17)8-16-13-3-2-6-19-14-7-10(15)4-5-12(13)14/h4-5,7,11,13,16-17H,2-3,6,8-9H2,1H3. The van der Waals surface area contributed by atoms with Gasteiger partial charge in [0.05, 0.1) is 19.3 Å². The average molecular weight is 286 g/mol. The lowest BCUT2D eigenvalue weighted by Crippen LogP contribution is -2.32. The molecule has 2 rings (SSSR count). The molecule has 2 unspecified atom stereocenters. The summed E-state index contributed by atoms with van der Waals surface area (Å²) in [7, 11) is 1.58. The molecular weight excluding hydrogens is 266 g/mol. The Kier molecular flexibility index (Phi) is 5.45. The van der Waals surface area contributed by atoms with Crippen LogP contribution in [0.5, 0.6) is 5.75 Å². The highest BCUT2D eigenvalue weighted by Crippen LogP contribution is 2.33. The van der Waals surface area contributed by atoms with Gasteiger partial charge in [-0.2, -0.15) is 0 Å². The topological polar surface area (TPSA) is 50.7 Å². The number of hydrogen-bond donors (Lipinski definition) is 2. The second-order valence-electron chi connectivity index (χ2n) is 4.74. The normalized spacial score (nSPS) is 20.3. The number of benzene rings is 1. The van der Waals surface area contributed by atoms with Gasteiger partial charge < -0.3 is 19.9 Å². The van der Waals surface area contributed by atoms with E-state index in [1.807, 2.05) is 18.2 Å². The van der Waals surface area contributed by atoms with Crippen LogP contribution in [0.3, 0.4) is 0 Å². The van der Waals surface area contributed by atoms with Crippen LogP contribution in [0.1, 0.15) is 24.4 Å². The first-order valence-electron chi connectivity index (χ1n) is 6.53. The molecule has 0 bridgehead atoms. The highest BCUT2D eigenvalue weighted by molar-refractivity contribution is 6.30. The second-order valence-corrected chi connectivity index (χ2v) is 5.18. The molecule has 0 saturated heterocycles. The Bertz CT molecular complexity index is 414. The monoisotopic (exact) mass is 285 g/mol. The minimum Gasteiger partial charge on any atom is -0.493 e. The van der Waals surface area contributed by atoms with E-state index in [0.29, 0.717) is 24.8 Å². The first kappa shape index (κ1) is 14.6. The maximum Gasteiger partial charge on any atom is 0.125 e. The fourth-order valence-corrected chi connectivity index (χ4v) is 2.45. The summed E-state index contributed by atoms with van der Waals surface area (Å²) in [4.78, 5) is 0. The molecular formula is C14H20ClNO3. The van der Waals surface area contributed by atoms with Gasteiger partial charge in [-0.25, -0.2) is 0 Å². The van der Waals surface area contributed by atoms with Gasteiger partial charge in [-0.05, 0) is 25.0 Å². The van der Waals surface area contributed by atoms with Crippen LogP contribution < -0.4 is 10.1 Å². The molecule has 0 radical (unpaired) electrons. The van der Waals surface area contributed by atoms with Gasteiger partial charge in [-0.15, -0.1) is 0 Å². The molecule has 4 nitrogen and oxygen atoms in total. The molecule has 2 N–H and O–H groups in total. The molecule has 0 aromatic heterocycles. The van der Waals surface area contributed by atoms with Crippen molar-refractivity contribution in [1.82, 2.24) is 5.32 Å². The fourth-order valence-electron chi connectivity index (χ4n) is 2.29. The SMILES string of the molecule is COCC(O)CNC1CCCOc2cc(Cl)ccc21. The van der Waals surface area contributed by atoms with Crippen molar-refractivity contribution in [1.29, 1.82) is 0 Å². The molecule has 0 saturated carbocycles. The number of fused-ring (bicyclic) bond motifs is 1. The van der Waals surface area contributed by atoms with Crippen molar-refractivity contribution in [3.05, 3.63) is 28.8 Å². The third-order valence-corrected chi connectivity index (χ3v) is 3.44. The van der Waals surface area contributed by atoms with Gasteiger partial charge >= 0.3 is 0 Å². The van der Waals surface area contributed by atoms with Gasteiger partial charge in [0, 0.05) is 30.3 Å². The van der Waals surface area contributed by atoms with Gasteiger partial charge in [-0.3, -0.25) is 0 Å². The van der Waals surface area contributed by atoms with E-state index in [1.54, 1.807) is 7.11 Å². The molecule has 0 fully saturated rings. The van der Waals surface area contributed by atoms with Crippen molar-refractivity contribution >= 4 is 11.6 Å². The minimum atomic E-state index is -0.495. The smallest absolute Gasteiger partial charge is 0.125 e. The highest BCUT2D eigenvalue weighted by Gasteiger charge is 2.20. The summed E-state index contributed by atoms with van der Waals surface area (Å²) < 4.78 is 10.6. The molecule has 1 aliphatic rings. The number of halogens is 1. The number of aliphatic hydroxyl groups excluding tert-OH is 1. The molecule has 1 aromatic rings. The van der Waals surface area contributed by atoms with Crippen LogP contribution in [0.25, 0.3) is 0 Å². The van der Waals surface area contributed by atoms with Crippen LogP contribution in [0.2, 0.25) is 5.02 Å². The molecule has 106 valence electrons. The second kappa shape index (κ2) is 7.10. The molecule has 2 atom stereocenters. The van der Waals surface area contributed by atoms with E-state index < -0.39 is 6.10 Å². The van der Waals surface area contributed by atoms with Crippen molar-refractivity contribution in [2.75, 3.05) is 26.9 Å².